The lowest BCUT2D eigenvalue weighted by Gasteiger charge is -2.08. The number of aromatic nitrogens is 1. The van der Waals surface area contributed by atoms with Crippen LogP contribution in [0, 0.1) is 11.3 Å². The molecule has 0 fully saturated rings. The zero-order chi connectivity index (χ0) is 20.5. The van der Waals surface area contributed by atoms with Crippen LogP contribution >= 0.6 is 0 Å². The van der Waals surface area contributed by atoms with Gasteiger partial charge in [0.25, 0.3) is 0 Å². The largest absolute Gasteiger partial charge is 0.284 e. The average Bonchev–Trinajstić information content (AvgIpc) is 3.00. The molecule has 0 amide bonds. The third kappa shape index (κ3) is 4.03. The third-order valence-electron chi connectivity index (χ3n) is 4.16. The summed E-state index contributed by atoms with van der Waals surface area (Å²) in [6.45, 7) is 1.78. The average molecular weight is 418 g/mol. The van der Waals surface area contributed by atoms with Crippen LogP contribution in [-0.4, -0.2) is 32.8 Å². The highest BCUT2D eigenvalue weighted by Crippen LogP contribution is 2.33. The minimum absolute atomic E-state index is 0.0344. The van der Waals surface area contributed by atoms with Crippen LogP contribution in [0.3, 0.4) is 0 Å². The molecule has 0 saturated carbocycles. The molecule has 28 heavy (non-hydrogen) atoms. The molecule has 0 aliphatic carbocycles. The van der Waals surface area contributed by atoms with Crippen LogP contribution in [0.4, 0.5) is 5.69 Å². The standard InChI is InChI=1S/C19H19N3O4S2/c1-3-10-28(25,26)22-13-18(15-6-4-14(12-20)5-7-15)17-9-8-16(11-19(17)22)21-27(2,23)24/h4-9,11,13,21H,3,10H2,1-2H3. The van der Waals surface area contributed by atoms with E-state index in [1.165, 1.54) is 10.0 Å². The number of nitriles is 1. The first-order valence-corrected chi connectivity index (χ1v) is 12.0. The fourth-order valence-corrected chi connectivity index (χ4v) is 5.00. The minimum atomic E-state index is -3.61. The SMILES string of the molecule is CCCS(=O)(=O)n1cc(-c2ccc(C#N)cc2)c2ccc(NS(C)(=O)=O)cc21. The summed E-state index contributed by atoms with van der Waals surface area (Å²) in [5.41, 5.74) is 2.63. The first kappa shape index (κ1) is 19.9. The van der Waals surface area contributed by atoms with Gasteiger partial charge < -0.3 is 0 Å². The summed E-state index contributed by atoms with van der Waals surface area (Å²) >= 11 is 0. The number of fused-ring (bicyclic) bond motifs is 1. The van der Waals surface area contributed by atoms with E-state index < -0.39 is 20.0 Å². The maximum atomic E-state index is 12.8. The molecule has 0 radical (unpaired) electrons. The van der Waals surface area contributed by atoms with Gasteiger partial charge in [-0.15, -0.1) is 0 Å². The first-order chi connectivity index (χ1) is 13.1. The van der Waals surface area contributed by atoms with E-state index in [4.69, 9.17) is 5.26 Å². The fraction of sp³-hybridized carbons (Fsp3) is 0.211. The Kier molecular flexibility index (Phi) is 5.19. The number of hydrogen-bond donors (Lipinski definition) is 1. The predicted octanol–water partition coefficient (Wildman–Crippen LogP) is 3.14. The molecule has 0 unspecified atom stereocenters. The van der Waals surface area contributed by atoms with Crippen molar-refractivity contribution in [2.75, 3.05) is 16.7 Å². The molecule has 1 aromatic heterocycles. The van der Waals surface area contributed by atoms with E-state index >= 15 is 0 Å². The number of anilines is 1. The molecule has 0 bridgehead atoms. The molecule has 3 rings (SSSR count). The van der Waals surface area contributed by atoms with Crippen LogP contribution in [0.2, 0.25) is 0 Å². The monoisotopic (exact) mass is 417 g/mol. The quantitative estimate of drug-likeness (QED) is 0.663. The lowest BCUT2D eigenvalue weighted by atomic mass is 10.0. The Hall–Kier alpha value is -2.83. The summed E-state index contributed by atoms with van der Waals surface area (Å²) in [6.07, 6.45) is 3.03. The molecule has 1 N–H and O–H groups in total. The van der Waals surface area contributed by atoms with Gasteiger partial charge in [0.05, 0.1) is 34.8 Å². The molecular formula is C19H19N3O4S2. The van der Waals surface area contributed by atoms with Crippen LogP contribution in [0.1, 0.15) is 18.9 Å². The minimum Gasteiger partial charge on any atom is -0.284 e. The van der Waals surface area contributed by atoms with Crippen molar-refractivity contribution in [1.82, 2.24) is 3.97 Å². The lowest BCUT2D eigenvalue weighted by molar-refractivity contribution is 0.587. The predicted molar refractivity (Wildman–Crippen MR) is 110 cm³/mol. The second kappa shape index (κ2) is 7.30. The lowest BCUT2D eigenvalue weighted by Crippen LogP contribution is -2.15. The summed E-state index contributed by atoms with van der Waals surface area (Å²) < 4.78 is 52.2. The van der Waals surface area contributed by atoms with Gasteiger partial charge in [0.1, 0.15) is 0 Å². The van der Waals surface area contributed by atoms with Crippen LogP contribution in [-0.2, 0) is 20.0 Å². The summed E-state index contributed by atoms with van der Waals surface area (Å²) in [6, 6.07) is 13.7. The Morgan fingerprint density at radius 1 is 1.07 bits per heavy atom. The van der Waals surface area contributed by atoms with Gasteiger partial charge in [-0.2, -0.15) is 5.26 Å². The van der Waals surface area contributed by atoms with Gasteiger partial charge in [0.2, 0.25) is 20.0 Å². The summed E-state index contributed by atoms with van der Waals surface area (Å²) in [4.78, 5) is 0. The van der Waals surface area contributed by atoms with Crippen molar-refractivity contribution >= 4 is 36.6 Å². The van der Waals surface area contributed by atoms with E-state index in [1.54, 1.807) is 49.5 Å². The highest BCUT2D eigenvalue weighted by atomic mass is 32.2. The van der Waals surface area contributed by atoms with E-state index in [2.05, 4.69) is 10.8 Å². The smallest absolute Gasteiger partial charge is 0.238 e. The Bertz CT molecular complexity index is 1280. The maximum Gasteiger partial charge on any atom is 0.238 e. The van der Waals surface area contributed by atoms with Gasteiger partial charge in [-0.05, 0) is 36.2 Å². The van der Waals surface area contributed by atoms with Gasteiger partial charge in [0.15, 0.2) is 0 Å². The molecule has 3 aromatic rings. The summed E-state index contributed by atoms with van der Waals surface area (Å²) in [7, 11) is -7.11. The molecule has 0 saturated heterocycles. The normalized spacial score (nSPS) is 12.0. The van der Waals surface area contributed by atoms with Crippen molar-refractivity contribution in [1.29, 1.82) is 5.26 Å². The second-order valence-electron chi connectivity index (χ2n) is 6.45. The van der Waals surface area contributed by atoms with Gasteiger partial charge >= 0.3 is 0 Å². The number of rotatable bonds is 6. The number of nitrogens with zero attached hydrogens (tertiary/aromatic N) is 2. The molecule has 0 aliphatic rings. The Balaban J connectivity index is 2.26. The van der Waals surface area contributed by atoms with E-state index in [0.717, 1.165) is 11.8 Å². The molecule has 7 nitrogen and oxygen atoms in total. The zero-order valence-corrected chi connectivity index (χ0v) is 17.0. The highest BCUT2D eigenvalue weighted by Gasteiger charge is 2.20. The van der Waals surface area contributed by atoms with Crippen LogP contribution in [0.25, 0.3) is 22.0 Å². The number of nitrogens with one attached hydrogen (secondary N) is 1. The van der Waals surface area contributed by atoms with Crippen molar-refractivity contribution in [3.63, 3.8) is 0 Å². The Morgan fingerprint density at radius 2 is 1.75 bits per heavy atom. The number of benzene rings is 2. The van der Waals surface area contributed by atoms with E-state index in [9.17, 15) is 16.8 Å². The summed E-state index contributed by atoms with van der Waals surface area (Å²) in [5, 5.41) is 9.64. The van der Waals surface area contributed by atoms with Crippen molar-refractivity contribution < 1.29 is 16.8 Å². The molecular weight excluding hydrogens is 398 g/mol. The van der Waals surface area contributed by atoms with Gasteiger partial charge in [-0.1, -0.05) is 25.1 Å². The molecule has 1 heterocycles. The zero-order valence-electron chi connectivity index (χ0n) is 15.4. The topological polar surface area (TPSA) is 109 Å². The van der Waals surface area contributed by atoms with E-state index in [0.29, 0.717) is 28.5 Å². The van der Waals surface area contributed by atoms with Gasteiger partial charge in [-0.3, -0.25) is 4.72 Å². The molecule has 9 heteroatoms. The first-order valence-electron chi connectivity index (χ1n) is 8.51. The van der Waals surface area contributed by atoms with Crippen molar-refractivity contribution in [3.8, 4) is 17.2 Å². The number of sulfonamides is 1. The van der Waals surface area contributed by atoms with E-state index in [1.807, 2.05) is 0 Å². The van der Waals surface area contributed by atoms with Crippen molar-refractivity contribution in [3.05, 3.63) is 54.2 Å². The maximum absolute atomic E-state index is 12.8. The van der Waals surface area contributed by atoms with Crippen LogP contribution < -0.4 is 4.72 Å². The second-order valence-corrected chi connectivity index (χ2v) is 10.2. The molecule has 0 atom stereocenters. The van der Waals surface area contributed by atoms with Crippen molar-refractivity contribution in [2.24, 2.45) is 0 Å². The summed E-state index contributed by atoms with van der Waals surface area (Å²) in [5.74, 6) is -0.0344. The Labute approximate surface area is 164 Å². The van der Waals surface area contributed by atoms with E-state index in [-0.39, 0.29) is 11.4 Å². The molecule has 146 valence electrons. The molecule has 0 spiro atoms. The highest BCUT2D eigenvalue weighted by molar-refractivity contribution is 7.92. The van der Waals surface area contributed by atoms with Gasteiger partial charge in [-0.25, -0.2) is 20.8 Å². The van der Waals surface area contributed by atoms with Crippen LogP contribution in [0.5, 0.6) is 0 Å². The third-order valence-corrected chi connectivity index (χ3v) is 6.59. The molecule has 0 aliphatic heterocycles. The molecule has 2 aromatic carbocycles. The fourth-order valence-electron chi connectivity index (χ4n) is 3.02. The van der Waals surface area contributed by atoms with Gasteiger partial charge in [0, 0.05) is 17.1 Å². The van der Waals surface area contributed by atoms with Crippen molar-refractivity contribution in [2.45, 2.75) is 13.3 Å². The Morgan fingerprint density at radius 3 is 2.32 bits per heavy atom. The number of hydrogen-bond acceptors (Lipinski definition) is 5. The van der Waals surface area contributed by atoms with Crippen LogP contribution in [0.15, 0.2) is 48.7 Å².